The van der Waals surface area contributed by atoms with Crippen LogP contribution in [0.15, 0.2) is 0 Å². The SMILES string of the molecule is CCCCN(CCCC)C(C)(CN)CCC(C)C. The van der Waals surface area contributed by atoms with Crippen LogP contribution < -0.4 is 5.73 Å². The third-order valence-electron chi connectivity index (χ3n) is 4.03. The molecular formula is C16H36N2. The molecular weight excluding hydrogens is 220 g/mol. The van der Waals surface area contributed by atoms with E-state index in [9.17, 15) is 0 Å². The van der Waals surface area contributed by atoms with Crippen LogP contribution in [-0.4, -0.2) is 30.1 Å². The predicted octanol–water partition coefficient (Wildman–Crippen LogP) is 4.04. The highest BCUT2D eigenvalue weighted by atomic mass is 15.2. The molecule has 1 atom stereocenters. The maximum atomic E-state index is 6.10. The molecule has 0 aromatic rings. The molecule has 0 saturated heterocycles. The van der Waals surface area contributed by atoms with Crippen LogP contribution in [-0.2, 0) is 0 Å². The minimum atomic E-state index is 0.203. The largest absolute Gasteiger partial charge is 0.329 e. The van der Waals surface area contributed by atoms with E-state index in [-0.39, 0.29) is 5.54 Å². The van der Waals surface area contributed by atoms with E-state index in [0.29, 0.717) is 0 Å². The Labute approximate surface area is 115 Å². The van der Waals surface area contributed by atoms with Crippen LogP contribution in [0, 0.1) is 5.92 Å². The van der Waals surface area contributed by atoms with Crippen molar-refractivity contribution in [3.63, 3.8) is 0 Å². The third kappa shape index (κ3) is 6.75. The van der Waals surface area contributed by atoms with Gasteiger partial charge in [-0.3, -0.25) is 4.90 Å². The van der Waals surface area contributed by atoms with Crippen molar-refractivity contribution in [1.82, 2.24) is 4.90 Å². The van der Waals surface area contributed by atoms with E-state index >= 15 is 0 Å². The van der Waals surface area contributed by atoms with Crippen molar-refractivity contribution < 1.29 is 0 Å². The van der Waals surface area contributed by atoms with E-state index < -0.39 is 0 Å². The van der Waals surface area contributed by atoms with Crippen LogP contribution in [0.3, 0.4) is 0 Å². The average Bonchev–Trinajstić information content (AvgIpc) is 2.36. The van der Waals surface area contributed by atoms with Crippen LogP contribution >= 0.6 is 0 Å². The topological polar surface area (TPSA) is 29.3 Å². The molecule has 0 bridgehead atoms. The van der Waals surface area contributed by atoms with E-state index in [4.69, 9.17) is 5.73 Å². The maximum absolute atomic E-state index is 6.10. The van der Waals surface area contributed by atoms with Crippen molar-refractivity contribution in [2.24, 2.45) is 11.7 Å². The van der Waals surface area contributed by atoms with Crippen molar-refractivity contribution in [1.29, 1.82) is 0 Å². The number of hydrogen-bond donors (Lipinski definition) is 1. The van der Waals surface area contributed by atoms with Crippen LogP contribution in [0.4, 0.5) is 0 Å². The highest BCUT2D eigenvalue weighted by molar-refractivity contribution is 4.87. The molecule has 0 rings (SSSR count). The molecule has 1 unspecified atom stereocenters. The van der Waals surface area contributed by atoms with Gasteiger partial charge in [-0.15, -0.1) is 0 Å². The van der Waals surface area contributed by atoms with E-state index in [1.165, 1.54) is 51.6 Å². The summed E-state index contributed by atoms with van der Waals surface area (Å²) in [6.07, 6.45) is 7.64. The lowest BCUT2D eigenvalue weighted by Gasteiger charge is -2.41. The predicted molar refractivity (Wildman–Crippen MR) is 82.9 cm³/mol. The summed E-state index contributed by atoms with van der Waals surface area (Å²) in [6, 6.07) is 0. The van der Waals surface area contributed by atoms with Crippen molar-refractivity contribution >= 4 is 0 Å². The molecule has 0 spiro atoms. The first-order valence-electron chi connectivity index (χ1n) is 7.95. The quantitative estimate of drug-likeness (QED) is 0.604. The van der Waals surface area contributed by atoms with E-state index in [2.05, 4.69) is 39.5 Å². The van der Waals surface area contributed by atoms with Crippen molar-refractivity contribution in [2.45, 2.75) is 78.7 Å². The fourth-order valence-corrected chi connectivity index (χ4v) is 2.34. The lowest BCUT2D eigenvalue weighted by Crippen LogP contribution is -2.52. The first-order chi connectivity index (χ1) is 8.50. The van der Waals surface area contributed by atoms with Gasteiger partial charge in [0.05, 0.1) is 0 Å². The molecule has 2 nitrogen and oxygen atoms in total. The second kappa shape index (κ2) is 9.80. The minimum absolute atomic E-state index is 0.203. The van der Waals surface area contributed by atoms with Crippen LogP contribution in [0.2, 0.25) is 0 Å². The van der Waals surface area contributed by atoms with Gasteiger partial charge in [0, 0.05) is 12.1 Å². The molecule has 18 heavy (non-hydrogen) atoms. The summed E-state index contributed by atoms with van der Waals surface area (Å²) < 4.78 is 0. The van der Waals surface area contributed by atoms with Gasteiger partial charge in [0.1, 0.15) is 0 Å². The van der Waals surface area contributed by atoms with Gasteiger partial charge in [-0.2, -0.15) is 0 Å². The highest BCUT2D eigenvalue weighted by Gasteiger charge is 2.29. The molecule has 0 fully saturated rings. The Hall–Kier alpha value is -0.0800. The van der Waals surface area contributed by atoms with E-state index in [0.717, 1.165) is 12.5 Å². The number of hydrogen-bond acceptors (Lipinski definition) is 2. The normalized spacial score (nSPS) is 15.3. The summed E-state index contributed by atoms with van der Waals surface area (Å²) >= 11 is 0. The van der Waals surface area contributed by atoms with Gasteiger partial charge in [0.2, 0.25) is 0 Å². The maximum Gasteiger partial charge on any atom is 0.0303 e. The van der Waals surface area contributed by atoms with Gasteiger partial charge in [-0.1, -0.05) is 40.5 Å². The Morgan fingerprint density at radius 1 is 1.06 bits per heavy atom. The zero-order valence-electron chi connectivity index (χ0n) is 13.5. The van der Waals surface area contributed by atoms with Crippen LogP contribution in [0.1, 0.15) is 73.1 Å². The van der Waals surface area contributed by atoms with Crippen molar-refractivity contribution in [3.05, 3.63) is 0 Å². The van der Waals surface area contributed by atoms with Gasteiger partial charge in [-0.05, 0) is 51.6 Å². The van der Waals surface area contributed by atoms with Gasteiger partial charge < -0.3 is 5.73 Å². The van der Waals surface area contributed by atoms with Gasteiger partial charge in [0.25, 0.3) is 0 Å². The Morgan fingerprint density at radius 3 is 1.89 bits per heavy atom. The van der Waals surface area contributed by atoms with Gasteiger partial charge >= 0.3 is 0 Å². The molecule has 2 heteroatoms. The molecule has 0 aliphatic rings. The molecule has 0 heterocycles. The molecule has 2 N–H and O–H groups in total. The molecule has 0 aromatic carbocycles. The van der Waals surface area contributed by atoms with Gasteiger partial charge in [-0.25, -0.2) is 0 Å². The molecule has 0 radical (unpaired) electrons. The van der Waals surface area contributed by atoms with Crippen molar-refractivity contribution in [2.75, 3.05) is 19.6 Å². The molecule has 0 aromatic heterocycles. The zero-order chi connectivity index (χ0) is 14.0. The average molecular weight is 256 g/mol. The fourth-order valence-electron chi connectivity index (χ4n) is 2.34. The summed E-state index contributed by atoms with van der Waals surface area (Å²) in [5.74, 6) is 0.773. The fraction of sp³-hybridized carbons (Fsp3) is 1.00. The molecule has 0 aliphatic heterocycles. The standard InChI is InChI=1S/C16H36N2/c1-6-8-12-18(13-9-7-2)16(5,14-17)11-10-15(3)4/h15H,6-14,17H2,1-5H3. The Balaban J connectivity index is 4.52. The Bertz CT molecular complexity index is 184. The number of rotatable bonds is 11. The number of nitrogens with zero attached hydrogens (tertiary/aromatic N) is 1. The smallest absolute Gasteiger partial charge is 0.0303 e. The van der Waals surface area contributed by atoms with Crippen LogP contribution in [0.5, 0.6) is 0 Å². The Kier molecular flexibility index (Phi) is 9.76. The second-order valence-electron chi connectivity index (χ2n) is 6.33. The molecule has 0 amide bonds. The third-order valence-corrected chi connectivity index (χ3v) is 4.03. The van der Waals surface area contributed by atoms with E-state index in [1.807, 2.05) is 0 Å². The van der Waals surface area contributed by atoms with Gasteiger partial charge in [0.15, 0.2) is 0 Å². The van der Waals surface area contributed by atoms with Crippen LogP contribution in [0.25, 0.3) is 0 Å². The number of nitrogens with two attached hydrogens (primary N) is 1. The summed E-state index contributed by atoms with van der Waals surface area (Å²) in [5.41, 5.74) is 6.30. The summed E-state index contributed by atoms with van der Waals surface area (Å²) in [7, 11) is 0. The lowest BCUT2D eigenvalue weighted by molar-refractivity contribution is 0.0918. The molecule has 110 valence electrons. The van der Waals surface area contributed by atoms with Crippen molar-refractivity contribution in [3.8, 4) is 0 Å². The zero-order valence-corrected chi connectivity index (χ0v) is 13.5. The summed E-state index contributed by atoms with van der Waals surface area (Å²) in [4.78, 5) is 2.66. The summed E-state index contributed by atoms with van der Waals surface area (Å²) in [5, 5.41) is 0. The first kappa shape index (κ1) is 17.9. The monoisotopic (exact) mass is 256 g/mol. The second-order valence-corrected chi connectivity index (χ2v) is 6.33. The van der Waals surface area contributed by atoms with E-state index in [1.54, 1.807) is 0 Å². The molecule has 0 aliphatic carbocycles. The first-order valence-corrected chi connectivity index (χ1v) is 7.95. The lowest BCUT2D eigenvalue weighted by atomic mass is 9.89. The Morgan fingerprint density at radius 2 is 1.56 bits per heavy atom. The minimum Gasteiger partial charge on any atom is -0.329 e. The number of unbranched alkanes of at least 4 members (excludes halogenated alkanes) is 2. The molecule has 0 saturated carbocycles. The highest BCUT2D eigenvalue weighted by Crippen LogP contribution is 2.24. The summed E-state index contributed by atoms with van der Waals surface area (Å²) in [6.45, 7) is 14.7.